The van der Waals surface area contributed by atoms with Gasteiger partial charge in [0.25, 0.3) is 0 Å². The number of sulfone groups is 1. The number of nitrogens with zero attached hydrogens (tertiary/aromatic N) is 5. The van der Waals surface area contributed by atoms with Crippen LogP contribution in [0.4, 0.5) is 5.82 Å². The van der Waals surface area contributed by atoms with E-state index in [1.807, 2.05) is 0 Å². The van der Waals surface area contributed by atoms with E-state index in [9.17, 15) is 8.42 Å². The molecule has 0 radical (unpaired) electrons. The highest BCUT2D eigenvalue weighted by molar-refractivity contribution is 7.91. The molecule has 1 aliphatic heterocycles. The number of tetrazole rings is 1. The lowest BCUT2D eigenvalue weighted by molar-refractivity contribution is 0.602. The molecule has 3 heterocycles. The SMILES string of the molecule is O=S1(=O)CC[C@@H](Nc2ccc3nnnn3n2)C1. The van der Waals surface area contributed by atoms with E-state index < -0.39 is 9.84 Å². The summed E-state index contributed by atoms with van der Waals surface area (Å²) in [4.78, 5) is 0. The van der Waals surface area contributed by atoms with E-state index in [0.717, 1.165) is 0 Å². The van der Waals surface area contributed by atoms with Crippen LogP contribution in [-0.4, -0.2) is 51.2 Å². The largest absolute Gasteiger partial charge is 0.365 e. The van der Waals surface area contributed by atoms with Gasteiger partial charge in [-0.05, 0) is 29.0 Å². The topological polar surface area (TPSA) is 102 Å². The third kappa shape index (κ3) is 2.05. The predicted octanol–water partition coefficient (Wildman–Crippen LogP) is -0.882. The van der Waals surface area contributed by atoms with Gasteiger partial charge in [-0.1, -0.05) is 0 Å². The Labute approximate surface area is 96.9 Å². The van der Waals surface area contributed by atoms with Crippen LogP contribution >= 0.6 is 0 Å². The van der Waals surface area contributed by atoms with Crippen molar-refractivity contribution in [1.82, 2.24) is 25.3 Å². The van der Waals surface area contributed by atoms with Gasteiger partial charge in [-0.2, -0.15) is 0 Å². The smallest absolute Gasteiger partial charge is 0.200 e. The van der Waals surface area contributed by atoms with Gasteiger partial charge >= 0.3 is 0 Å². The summed E-state index contributed by atoms with van der Waals surface area (Å²) in [6.45, 7) is 0. The van der Waals surface area contributed by atoms with Gasteiger partial charge in [0.05, 0.1) is 11.5 Å². The lowest BCUT2D eigenvalue weighted by Gasteiger charge is -2.10. The Bertz CT molecular complexity index is 651. The van der Waals surface area contributed by atoms with Crippen LogP contribution in [0.5, 0.6) is 0 Å². The average molecular weight is 254 g/mol. The third-order valence-electron chi connectivity index (χ3n) is 2.65. The van der Waals surface area contributed by atoms with Gasteiger partial charge in [0.1, 0.15) is 5.82 Å². The van der Waals surface area contributed by atoms with E-state index >= 15 is 0 Å². The number of fused-ring (bicyclic) bond motifs is 1. The van der Waals surface area contributed by atoms with Crippen molar-refractivity contribution < 1.29 is 8.42 Å². The average Bonchev–Trinajstić information content (AvgIpc) is 2.84. The molecule has 0 aromatic carbocycles. The van der Waals surface area contributed by atoms with Gasteiger partial charge in [-0.25, -0.2) is 8.42 Å². The lowest BCUT2D eigenvalue weighted by atomic mass is 10.2. The Kier molecular flexibility index (Phi) is 2.21. The van der Waals surface area contributed by atoms with Crippen LogP contribution in [-0.2, 0) is 9.84 Å². The molecule has 0 saturated carbocycles. The van der Waals surface area contributed by atoms with Crippen LogP contribution in [0.1, 0.15) is 6.42 Å². The lowest BCUT2D eigenvalue weighted by Crippen LogP contribution is -2.21. The molecule has 1 N–H and O–H groups in total. The van der Waals surface area contributed by atoms with E-state index in [-0.39, 0.29) is 17.5 Å². The molecule has 8 nitrogen and oxygen atoms in total. The number of nitrogens with one attached hydrogen (secondary N) is 1. The molecule has 0 aliphatic carbocycles. The first kappa shape index (κ1) is 10.4. The van der Waals surface area contributed by atoms with Crippen molar-refractivity contribution in [3.8, 4) is 0 Å². The Morgan fingerprint density at radius 3 is 3.06 bits per heavy atom. The second kappa shape index (κ2) is 3.62. The molecule has 0 unspecified atom stereocenters. The maximum atomic E-state index is 11.3. The van der Waals surface area contributed by atoms with E-state index in [0.29, 0.717) is 17.9 Å². The molecule has 2 aromatic rings. The molecule has 1 aliphatic rings. The minimum atomic E-state index is -2.88. The Morgan fingerprint density at radius 1 is 1.41 bits per heavy atom. The van der Waals surface area contributed by atoms with Crippen molar-refractivity contribution in [2.24, 2.45) is 0 Å². The van der Waals surface area contributed by atoms with Crippen molar-refractivity contribution in [2.45, 2.75) is 12.5 Å². The number of aromatic nitrogens is 5. The number of hydrogen-bond donors (Lipinski definition) is 1. The molecule has 0 amide bonds. The van der Waals surface area contributed by atoms with E-state index in [1.54, 1.807) is 12.1 Å². The monoisotopic (exact) mass is 254 g/mol. The Hall–Kier alpha value is -1.77. The molecule has 9 heteroatoms. The van der Waals surface area contributed by atoms with Crippen LogP contribution in [0.3, 0.4) is 0 Å². The number of anilines is 1. The zero-order valence-electron chi connectivity index (χ0n) is 8.81. The minimum absolute atomic E-state index is 0.0820. The summed E-state index contributed by atoms with van der Waals surface area (Å²) in [6.07, 6.45) is 0.609. The van der Waals surface area contributed by atoms with Crippen LogP contribution in [0, 0.1) is 0 Å². The molecule has 1 atom stereocenters. The quantitative estimate of drug-likeness (QED) is 0.742. The molecule has 0 bridgehead atoms. The van der Waals surface area contributed by atoms with Gasteiger partial charge in [0.15, 0.2) is 15.5 Å². The Balaban J connectivity index is 1.81. The van der Waals surface area contributed by atoms with Gasteiger partial charge in [0, 0.05) is 6.04 Å². The first-order valence-electron chi connectivity index (χ1n) is 5.15. The summed E-state index contributed by atoms with van der Waals surface area (Å²) in [7, 11) is -2.88. The highest BCUT2D eigenvalue weighted by Gasteiger charge is 2.27. The molecule has 1 fully saturated rings. The van der Waals surface area contributed by atoms with E-state index in [2.05, 4.69) is 25.9 Å². The van der Waals surface area contributed by atoms with Gasteiger partial charge < -0.3 is 5.32 Å². The van der Waals surface area contributed by atoms with Crippen LogP contribution in [0.25, 0.3) is 5.65 Å². The minimum Gasteiger partial charge on any atom is -0.365 e. The van der Waals surface area contributed by atoms with Crippen molar-refractivity contribution in [3.63, 3.8) is 0 Å². The third-order valence-corrected chi connectivity index (χ3v) is 4.42. The number of hydrogen-bond acceptors (Lipinski definition) is 7. The van der Waals surface area contributed by atoms with Crippen LogP contribution in [0.15, 0.2) is 12.1 Å². The highest BCUT2D eigenvalue weighted by atomic mass is 32.2. The van der Waals surface area contributed by atoms with Gasteiger partial charge in [0.2, 0.25) is 0 Å². The fourth-order valence-corrected chi connectivity index (χ4v) is 3.52. The highest BCUT2D eigenvalue weighted by Crippen LogP contribution is 2.15. The van der Waals surface area contributed by atoms with Gasteiger partial charge in [-0.3, -0.25) is 0 Å². The molecule has 1 saturated heterocycles. The summed E-state index contributed by atoms with van der Waals surface area (Å²) >= 11 is 0. The molecule has 90 valence electrons. The maximum Gasteiger partial charge on any atom is 0.200 e. The fourth-order valence-electron chi connectivity index (χ4n) is 1.84. The second-order valence-electron chi connectivity index (χ2n) is 3.99. The summed E-state index contributed by atoms with van der Waals surface area (Å²) in [5, 5.41) is 18.1. The number of rotatable bonds is 2. The Morgan fingerprint density at radius 2 is 2.29 bits per heavy atom. The van der Waals surface area contributed by atoms with Crippen molar-refractivity contribution in [2.75, 3.05) is 16.8 Å². The van der Waals surface area contributed by atoms with E-state index in [4.69, 9.17) is 0 Å². The molecular formula is C8H10N6O2S. The predicted molar refractivity (Wildman–Crippen MR) is 59.3 cm³/mol. The molecule has 2 aromatic heterocycles. The fraction of sp³-hybridized carbons (Fsp3) is 0.500. The first-order chi connectivity index (χ1) is 8.12. The van der Waals surface area contributed by atoms with Crippen LogP contribution < -0.4 is 5.32 Å². The zero-order valence-corrected chi connectivity index (χ0v) is 9.63. The molecule has 3 rings (SSSR count). The summed E-state index contributed by atoms with van der Waals surface area (Å²) in [5.41, 5.74) is 0.551. The molecule has 17 heavy (non-hydrogen) atoms. The molecule has 0 spiro atoms. The zero-order chi connectivity index (χ0) is 11.9. The summed E-state index contributed by atoms with van der Waals surface area (Å²) in [6, 6.07) is 3.37. The van der Waals surface area contributed by atoms with Crippen molar-refractivity contribution in [3.05, 3.63) is 12.1 Å². The molecular weight excluding hydrogens is 244 g/mol. The van der Waals surface area contributed by atoms with E-state index in [1.165, 1.54) is 4.63 Å². The standard InChI is InChI=1S/C8H10N6O2S/c15-17(16)4-3-6(5-17)9-7-1-2-8-10-12-13-14(8)11-7/h1-2,6H,3-5H2,(H,9,11)/t6-/m1/s1. The summed E-state index contributed by atoms with van der Waals surface area (Å²) in [5.74, 6) is 0.965. The summed E-state index contributed by atoms with van der Waals surface area (Å²) < 4.78 is 23.9. The van der Waals surface area contributed by atoms with Crippen LogP contribution in [0.2, 0.25) is 0 Å². The normalized spacial score (nSPS) is 22.9. The van der Waals surface area contributed by atoms with Crippen molar-refractivity contribution in [1.29, 1.82) is 0 Å². The first-order valence-corrected chi connectivity index (χ1v) is 6.97. The maximum absolute atomic E-state index is 11.3. The second-order valence-corrected chi connectivity index (χ2v) is 6.22. The van der Waals surface area contributed by atoms with Gasteiger partial charge in [-0.15, -0.1) is 14.8 Å². The van der Waals surface area contributed by atoms with Crippen molar-refractivity contribution >= 4 is 21.3 Å².